The molecule has 0 bridgehead atoms. The molecule has 1 atom stereocenters. The van der Waals surface area contributed by atoms with E-state index in [2.05, 4.69) is 6.92 Å². The highest BCUT2D eigenvalue weighted by Crippen LogP contribution is 2.40. The Bertz CT molecular complexity index is 675. The van der Waals surface area contributed by atoms with Gasteiger partial charge in [0.05, 0.1) is 25.5 Å². The molecule has 2 aliphatic heterocycles. The van der Waals surface area contributed by atoms with Crippen LogP contribution in [0.1, 0.15) is 74.9 Å². The third-order valence-corrected chi connectivity index (χ3v) is 5.75. The average molecular weight is 373 g/mol. The SMILES string of the molecule is CCCCC(=O)N1CCCC(Oc2nc(C3CC3)nc3c2CCOCC3)C1. The Kier molecular flexibility index (Phi) is 5.91. The largest absolute Gasteiger partial charge is 0.472 e. The van der Waals surface area contributed by atoms with Crippen LogP contribution in [0.2, 0.25) is 0 Å². The minimum absolute atomic E-state index is 0.0274. The fourth-order valence-corrected chi connectivity index (χ4v) is 3.96. The van der Waals surface area contributed by atoms with Gasteiger partial charge in [0.25, 0.3) is 0 Å². The number of rotatable bonds is 6. The number of ether oxygens (including phenoxy) is 2. The third kappa shape index (κ3) is 4.60. The molecule has 6 heteroatoms. The first-order valence-electron chi connectivity index (χ1n) is 10.7. The standard InChI is InChI=1S/C21H31N3O3/c1-2-3-6-19(25)24-11-4-5-16(14-24)27-21-17-9-12-26-13-10-18(17)22-20(23-21)15-7-8-15/h15-16H,2-14H2,1H3. The Hall–Kier alpha value is -1.69. The van der Waals surface area contributed by atoms with Gasteiger partial charge in [-0.3, -0.25) is 4.79 Å². The van der Waals surface area contributed by atoms with E-state index in [9.17, 15) is 4.79 Å². The summed E-state index contributed by atoms with van der Waals surface area (Å²) in [6.45, 7) is 5.07. The number of nitrogens with zero attached hydrogens (tertiary/aromatic N) is 3. The maximum atomic E-state index is 12.4. The topological polar surface area (TPSA) is 64.6 Å². The Morgan fingerprint density at radius 1 is 1.22 bits per heavy atom. The summed E-state index contributed by atoms with van der Waals surface area (Å²) in [4.78, 5) is 24.0. The van der Waals surface area contributed by atoms with Crippen LogP contribution in [0.15, 0.2) is 0 Å². The molecule has 1 aromatic heterocycles. The molecule has 1 saturated carbocycles. The van der Waals surface area contributed by atoms with Crippen LogP contribution in [0.4, 0.5) is 0 Å². The predicted molar refractivity (Wildman–Crippen MR) is 102 cm³/mol. The third-order valence-electron chi connectivity index (χ3n) is 5.75. The number of hydrogen-bond acceptors (Lipinski definition) is 5. The Morgan fingerprint density at radius 2 is 2.07 bits per heavy atom. The van der Waals surface area contributed by atoms with E-state index in [1.165, 1.54) is 12.8 Å². The van der Waals surface area contributed by atoms with E-state index in [0.29, 0.717) is 25.5 Å². The smallest absolute Gasteiger partial charge is 0.222 e. The second-order valence-corrected chi connectivity index (χ2v) is 8.02. The number of hydrogen-bond donors (Lipinski definition) is 0. The molecule has 1 aromatic rings. The van der Waals surface area contributed by atoms with Crippen LogP contribution in [0.5, 0.6) is 5.88 Å². The molecule has 3 heterocycles. The summed E-state index contributed by atoms with van der Waals surface area (Å²) in [6.07, 6.45) is 8.66. The van der Waals surface area contributed by atoms with Crippen molar-refractivity contribution < 1.29 is 14.3 Å². The molecular weight excluding hydrogens is 342 g/mol. The van der Waals surface area contributed by atoms with Gasteiger partial charge in [0.15, 0.2) is 0 Å². The molecule has 1 aliphatic carbocycles. The molecule has 1 unspecified atom stereocenters. The highest BCUT2D eigenvalue weighted by molar-refractivity contribution is 5.76. The lowest BCUT2D eigenvalue weighted by Gasteiger charge is -2.33. The minimum Gasteiger partial charge on any atom is -0.472 e. The van der Waals surface area contributed by atoms with Crippen LogP contribution in [-0.2, 0) is 22.4 Å². The molecule has 4 rings (SSSR count). The van der Waals surface area contributed by atoms with Crippen molar-refractivity contribution in [2.24, 2.45) is 0 Å². The molecule has 1 amide bonds. The first-order chi connectivity index (χ1) is 13.2. The Labute approximate surface area is 161 Å². The quantitative estimate of drug-likeness (QED) is 0.767. The van der Waals surface area contributed by atoms with Gasteiger partial charge in [0, 0.05) is 37.3 Å². The van der Waals surface area contributed by atoms with E-state index in [1.54, 1.807) is 0 Å². The molecule has 148 valence electrons. The molecule has 3 aliphatic rings. The van der Waals surface area contributed by atoms with E-state index in [0.717, 1.165) is 74.6 Å². The molecule has 27 heavy (non-hydrogen) atoms. The average Bonchev–Trinajstić information content (AvgIpc) is 3.53. The van der Waals surface area contributed by atoms with Crippen LogP contribution < -0.4 is 4.74 Å². The lowest BCUT2D eigenvalue weighted by Crippen LogP contribution is -2.44. The normalized spacial score (nSPS) is 22.9. The van der Waals surface area contributed by atoms with E-state index in [-0.39, 0.29) is 12.0 Å². The molecular formula is C21H31N3O3. The summed E-state index contributed by atoms with van der Waals surface area (Å²) >= 11 is 0. The number of carbonyl (C=O) groups is 1. The van der Waals surface area contributed by atoms with Gasteiger partial charge in [0.2, 0.25) is 11.8 Å². The number of aromatic nitrogens is 2. The van der Waals surface area contributed by atoms with Gasteiger partial charge < -0.3 is 14.4 Å². The van der Waals surface area contributed by atoms with E-state index < -0.39 is 0 Å². The molecule has 0 N–H and O–H groups in total. The number of piperidine rings is 1. The molecule has 1 saturated heterocycles. The van der Waals surface area contributed by atoms with Crippen molar-refractivity contribution in [3.8, 4) is 5.88 Å². The summed E-state index contributed by atoms with van der Waals surface area (Å²) in [6, 6.07) is 0. The summed E-state index contributed by atoms with van der Waals surface area (Å²) in [5, 5.41) is 0. The molecule has 0 aromatic carbocycles. The van der Waals surface area contributed by atoms with Crippen molar-refractivity contribution >= 4 is 5.91 Å². The summed E-state index contributed by atoms with van der Waals surface area (Å²) in [7, 11) is 0. The number of fused-ring (bicyclic) bond motifs is 1. The second kappa shape index (κ2) is 8.55. The van der Waals surface area contributed by atoms with E-state index >= 15 is 0 Å². The highest BCUT2D eigenvalue weighted by atomic mass is 16.5. The lowest BCUT2D eigenvalue weighted by molar-refractivity contribution is -0.134. The second-order valence-electron chi connectivity index (χ2n) is 8.02. The summed E-state index contributed by atoms with van der Waals surface area (Å²) in [5.74, 6) is 2.46. The number of amides is 1. The van der Waals surface area contributed by atoms with Crippen molar-refractivity contribution in [2.75, 3.05) is 26.3 Å². The maximum Gasteiger partial charge on any atom is 0.222 e. The molecule has 0 spiro atoms. The lowest BCUT2D eigenvalue weighted by atomic mass is 10.1. The van der Waals surface area contributed by atoms with Gasteiger partial charge in [0.1, 0.15) is 11.9 Å². The first-order valence-corrected chi connectivity index (χ1v) is 10.7. The Morgan fingerprint density at radius 3 is 2.89 bits per heavy atom. The zero-order valence-electron chi connectivity index (χ0n) is 16.4. The number of unbranched alkanes of at least 4 members (excludes halogenated alkanes) is 1. The Balaban J connectivity index is 1.49. The van der Waals surface area contributed by atoms with Crippen molar-refractivity contribution in [3.63, 3.8) is 0 Å². The number of likely N-dealkylation sites (tertiary alicyclic amines) is 1. The van der Waals surface area contributed by atoms with E-state index in [4.69, 9.17) is 19.4 Å². The summed E-state index contributed by atoms with van der Waals surface area (Å²) in [5.41, 5.74) is 2.22. The fraction of sp³-hybridized carbons (Fsp3) is 0.762. The van der Waals surface area contributed by atoms with Crippen molar-refractivity contribution in [2.45, 2.75) is 76.7 Å². The molecule has 0 radical (unpaired) electrons. The maximum absolute atomic E-state index is 12.4. The summed E-state index contributed by atoms with van der Waals surface area (Å²) < 4.78 is 12.1. The van der Waals surface area contributed by atoms with Crippen LogP contribution in [0.3, 0.4) is 0 Å². The van der Waals surface area contributed by atoms with Crippen LogP contribution >= 0.6 is 0 Å². The fourth-order valence-electron chi connectivity index (χ4n) is 3.96. The number of carbonyl (C=O) groups excluding carboxylic acids is 1. The van der Waals surface area contributed by atoms with Crippen molar-refractivity contribution in [3.05, 3.63) is 17.1 Å². The van der Waals surface area contributed by atoms with Gasteiger partial charge in [-0.2, -0.15) is 4.98 Å². The first kappa shape index (κ1) is 18.7. The van der Waals surface area contributed by atoms with Gasteiger partial charge in [-0.25, -0.2) is 4.98 Å². The molecule has 6 nitrogen and oxygen atoms in total. The predicted octanol–water partition coefficient (Wildman–Crippen LogP) is 3.03. The monoisotopic (exact) mass is 373 g/mol. The van der Waals surface area contributed by atoms with E-state index in [1.807, 2.05) is 4.90 Å². The highest BCUT2D eigenvalue weighted by Gasteiger charge is 2.31. The van der Waals surface area contributed by atoms with Crippen molar-refractivity contribution in [1.82, 2.24) is 14.9 Å². The van der Waals surface area contributed by atoms with Crippen LogP contribution in [-0.4, -0.2) is 53.2 Å². The zero-order valence-corrected chi connectivity index (χ0v) is 16.4. The van der Waals surface area contributed by atoms with Gasteiger partial charge in [-0.15, -0.1) is 0 Å². The van der Waals surface area contributed by atoms with Crippen LogP contribution in [0.25, 0.3) is 0 Å². The van der Waals surface area contributed by atoms with Gasteiger partial charge in [-0.05, 0) is 32.1 Å². The zero-order chi connectivity index (χ0) is 18.6. The van der Waals surface area contributed by atoms with Crippen molar-refractivity contribution in [1.29, 1.82) is 0 Å². The molecule has 2 fully saturated rings. The van der Waals surface area contributed by atoms with Gasteiger partial charge >= 0.3 is 0 Å². The minimum atomic E-state index is 0.0274. The van der Waals surface area contributed by atoms with Gasteiger partial charge in [-0.1, -0.05) is 13.3 Å². The van der Waals surface area contributed by atoms with Crippen LogP contribution in [0, 0.1) is 0 Å².